The van der Waals surface area contributed by atoms with E-state index in [-0.39, 0.29) is 24.8 Å². The highest BCUT2D eigenvalue weighted by Gasteiger charge is 2.32. The number of carbonyl (C=O) groups is 3. The molecule has 4 rings (SSSR count). The summed E-state index contributed by atoms with van der Waals surface area (Å²) < 4.78 is 0.427. The van der Waals surface area contributed by atoms with Gasteiger partial charge in [-0.3, -0.25) is 19.3 Å². The summed E-state index contributed by atoms with van der Waals surface area (Å²) in [5, 5.41) is 3.34. The Bertz CT molecular complexity index is 1170. The van der Waals surface area contributed by atoms with Gasteiger partial charge in [-0.25, -0.2) is 0 Å². The van der Waals surface area contributed by atoms with Crippen LogP contribution in [0.1, 0.15) is 45.6 Å². The largest absolute Gasteiger partial charge is 0.365 e. The molecule has 2 heterocycles. The molecule has 0 saturated carbocycles. The van der Waals surface area contributed by atoms with Gasteiger partial charge in [0.25, 0.3) is 11.8 Å². The molecule has 2 aliphatic rings. The third-order valence-electron chi connectivity index (χ3n) is 5.44. The molecule has 33 heavy (non-hydrogen) atoms. The number of anilines is 1. The minimum Gasteiger partial charge on any atom is -0.365 e. The summed E-state index contributed by atoms with van der Waals surface area (Å²) in [5.74, 6) is -1.01. The van der Waals surface area contributed by atoms with Crippen LogP contribution in [0.25, 0.3) is 6.08 Å². The molecule has 3 N–H and O–H groups in total. The molecule has 170 valence electrons. The minimum absolute atomic E-state index is 0.0698. The zero-order chi connectivity index (χ0) is 23.4. The summed E-state index contributed by atoms with van der Waals surface area (Å²) in [6.45, 7) is 0.174. The van der Waals surface area contributed by atoms with Crippen molar-refractivity contribution in [1.82, 2.24) is 4.90 Å². The van der Waals surface area contributed by atoms with E-state index in [2.05, 4.69) is 5.32 Å². The second-order valence-corrected chi connectivity index (χ2v) is 10.5. The van der Waals surface area contributed by atoms with Crippen molar-refractivity contribution < 1.29 is 14.4 Å². The zero-order valence-electron chi connectivity index (χ0n) is 17.8. The molecular formula is C24H23N3O3S3. The number of thioether (sulfide) groups is 1. The number of thiocarbonyl (C=S) groups is 1. The Morgan fingerprint density at radius 1 is 1.18 bits per heavy atom. The van der Waals surface area contributed by atoms with Gasteiger partial charge in [0, 0.05) is 17.8 Å². The first-order valence-electron chi connectivity index (χ1n) is 10.7. The highest BCUT2D eigenvalue weighted by atomic mass is 32.2. The van der Waals surface area contributed by atoms with Gasteiger partial charge in [-0.05, 0) is 42.9 Å². The first-order chi connectivity index (χ1) is 15.9. The lowest BCUT2D eigenvalue weighted by molar-refractivity contribution is -0.122. The molecular weight excluding hydrogens is 474 g/mol. The molecule has 1 fully saturated rings. The number of nitrogens with two attached hydrogens (primary N) is 1. The van der Waals surface area contributed by atoms with Crippen molar-refractivity contribution in [3.05, 3.63) is 69.0 Å². The number of nitrogens with zero attached hydrogens (tertiary/aromatic N) is 1. The zero-order valence-corrected chi connectivity index (χ0v) is 20.3. The molecule has 6 nitrogen and oxygen atoms in total. The van der Waals surface area contributed by atoms with Gasteiger partial charge in [-0.2, -0.15) is 0 Å². The van der Waals surface area contributed by atoms with Crippen LogP contribution in [0.2, 0.25) is 0 Å². The van der Waals surface area contributed by atoms with Crippen LogP contribution in [-0.4, -0.2) is 33.5 Å². The van der Waals surface area contributed by atoms with Crippen LogP contribution >= 0.6 is 35.3 Å². The molecule has 0 spiro atoms. The maximum atomic E-state index is 12.7. The van der Waals surface area contributed by atoms with Gasteiger partial charge in [0.1, 0.15) is 9.32 Å². The average molecular weight is 498 g/mol. The second kappa shape index (κ2) is 10.5. The van der Waals surface area contributed by atoms with E-state index < -0.39 is 5.91 Å². The Labute approximate surface area is 205 Å². The van der Waals surface area contributed by atoms with E-state index in [1.54, 1.807) is 6.08 Å². The number of amides is 3. The second-order valence-electron chi connectivity index (χ2n) is 7.70. The smallest absolute Gasteiger partial charge is 0.266 e. The maximum Gasteiger partial charge on any atom is 0.266 e. The standard InChI is InChI=1S/C24H23N3O3S3/c25-21(29)20-16-10-4-5-11-17(16)32-22(20)26-19(28)13-14-27-23(30)18(33-24(27)31)12-6-9-15-7-2-1-3-8-15/h1-3,6-9,12H,4-5,10-11,13-14H2,(H2,25,29)(H,26,28). The van der Waals surface area contributed by atoms with Crippen LogP contribution in [0.4, 0.5) is 5.00 Å². The third-order valence-corrected chi connectivity index (χ3v) is 8.05. The number of allylic oxidation sites excluding steroid dienone is 2. The number of nitrogens with one attached hydrogen (secondary N) is 1. The number of primary amides is 1. The number of carbonyl (C=O) groups excluding carboxylic acids is 3. The molecule has 9 heteroatoms. The Morgan fingerprint density at radius 2 is 1.94 bits per heavy atom. The number of fused-ring (bicyclic) bond motifs is 1. The van der Waals surface area contributed by atoms with Crippen LogP contribution in [0.3, 0.4) is 0 Å². The minimum atomic E-state index is -0.518. The lowest BCUT2D eigenvalue weighted by Crippen LogP contribution is -2.31. The Hall–Kier alpha value is -2.75. The van der Waals surface area contributed by atoms with Crippen molar-refractivity contribution in [3.8, 4) is 0 Å². The number of hydrogen-bond donors (Lipinski definition) is 2. The first kappa shape index (κ1) is 23.4. The number of aryl methyl sites for hydroxylation is 1. The molecule has 0 bridgehead atoms. The van der Waals surface area contributed by atoms with Gasteiger partial charge in [0.2, 0.25) is 5.91 Å². The van der Waals surface area contributed by atoms with Crippen molar-refractivity contribution >= 4 is 68.4 Å². The van der Waals surface area contributed by atoms with Crippen LogP contribution in [-0.2, 0) is 22.4 Å². The molecule has 1 aromatic carbocycles. The van der Waals surface area contributed by atoms with Crippen molar-refractivity contribution in [3.63, 3.8) is 0 Å². The molecule has 1 aliphatic heterocycles. The molecule has 0 atom stereocenters. The Balaban J connectivity index is 1.37. The van der Waals surface area contributed by atoms with Gasteiger partial charge >= 0.3 is 0 Å². The Kier molecular flexibility index (Phi) is 7.42. The SMILES string of the molecule is NC(=O)c1c(NC(=O)CCN2C(=O)C(=CC=Cc3ccccc3)SC2=S)sc2c1CCCC2. The summed E-state index contributed by atoms with van der Waals surface area (Å²) in [5.41, 5.74) is 8.03. The van der Waals surface area contributed by atoms with Crippen molar-refractivity contribution in [2.45, 2.75) is 32.1 Å². The fourth-order valence-corrected chi connectivity index (χ4v) is 6.41. The van der Waals surface area contributed by atoms with Gasteiger partial charge in [-0.1, -0.05) is 66.5 Å². The lowest BCUT2D eigenvalue weighted by Gasteiger charge is -2.14. The molecule has 0 radical (unpaired) electrons. The van der Waals surface area contributed by atoms with E-state index in [4.69, 9.17) is 18.0 Å². The molecule has 1 aromatic heterocycles. The quantitative estimate of drug-likeness (QED) is 0.434. The van der Waals surface area contributed by atoms with E-state index in [1.807, 2.05) is 42.5 Å². The average Bonchev–Trinajstić information content (AvgIpc) is 3.29. The van der Waals surface area contributed by atoms with E-state index in [0.717, 1.165) is 41.7 Å². The van der Waals surface area contributed by atoms with Crippen molar-refractivity contribution in [1.29, 1.82) is 0 Å². The van der Waals surface area contributed by atoms with E-state index in [0.29, 0.717) is 19.8 Å². The number of hydrogen-bond acceptors (Lipinski definition) is 6. The predicted molar refractivity (Wildman–Crippen MR) is 138 cm³/mol. The summed E-state index contributed by atoms with van der Waals surface area (Å²) in [6.07, 6.45) is 9.33. The van der Waals surface area contributed by atoms with Crippen LogP contribution in [0.15, 0.2) is 47.4 Å². The number of benzene rings is 1. The molecule has 1 aliphatic carbocycles. The lowest BCUT2D eigenvalue weighted by atomic mass is 9.95. The van der Waals surface area contributed by atoms with Gasteiger partial charge < -0.3 is 11.1 Å². The molecule has 3 amide bonds. The topological polar surface area (TPSA) is 92.5 Å². The summed E-state index contributed by atoms with van der Waals surface area (Å²) in [6, 6.07) is 9.79. The van der Waals surface area contributed by atoms with Crippen LogP contribution in [0, 0.1) is 0 Å². The molecule has 2 aromatic rings. The molecule has 0 unspecified atom stereocenters. The molecule has 1 saturated heterocycles. The number of thiophene rings is 1. The van der Waals surface area contributed by atoms with Crippen molar-refractivity contribution in [2.24, 2.45) is 5.73 Å². The summed E-state index contributed by atoms with van der Waals surface area (Å²) in [4.78, 5) is 40.4. The van der Waals surface area contributed by atoms with Crippen molar-refractivity contribution in [2.75, 3.05) is 11.9 Å². The van der Waals surface area contributed by atoms with Gasteiger partial charge in [0.15, 0.2) is 0 Å². The summed E-state index contributed by atoms with van der Waals surface area (Å²) in [7, 11) is 0. The van der Waals surface area contributed by atoms with E-state index in [9.17, 15) is 14.4 Å². The fraction of sp³-hybridized carbons (Fsp3) is 0.250. The fourth-order valence-electron chi connectivity index (χ4n) is 3.83. The highest BCUT2D eigenvalue weighted by molar-refractivity contribution is 8.26. The van der Waals surface area contributed by atoms with Gasteiger partial charge in [0.05, 0.1) is 10.5 Å². The monoisotopic (exact) mass is 497 g/mol. The normalized spacial score (nSPS) is 17.1. The maximum absolute atomic E-state index is 12.7. The highest BCUT2D eigenvalue weighted by Crippen LogP contribution is 2.38. The van der Waals surface area contributed by atoms with Crippen LogP contribution < -0.4 is 11.1 Å². The first-order valence-corrected chi connectivity index (χ1v) is 12.7. The van der Waals surface area contributed by atoms with Gasteiger partial charge in [-0.15, -0.1) is 11.3 Å². The van der Waals surface area contributed by atoms with Crippen LogP contribution in [0.5, 0.6) is 0 Å². The summed E-state index contributed by atoms with van der Waals surface area (Å²) >= 11 is 8.00. The van der Waals surface area contributed by atoms with E-state index in [1.165, 1.54) is 28.0 Å². The predicted octanol–water partition coefficient (Wildman–Crippen LogP) is 4.51. The third kappa shape index (κ3) is 5.43. The Morgan fingerprint density at radius 3 is 2.70 bits per heavy atom. The van der Waals surface area contributed by atoms with E-state index >= 15 is 0 Å². The number of rotatable bonds is 7.